The molecule has 1 amide bonds. The van der Waals surface area contributed by atoms with Crippen LogP contribution in [-0.4, -0.2) is 42.5 Å². The van der Waals surface area contributed by atoms with Gasteiger partial charge in [-0.05, 0) is 25.7 Å². The molecule has 0 aliphatic rings. The van der Waals surface area contributed by atoms with E-state index < -0.39 is 0 Å². The summed E-state index contributed by atoms with van der Waals surface area (Å²) in [5.74, 6) is -0.0456. The standard InChI is InChI=1S/C14H19N3O/c1-3-17(2)9-8-15-14(18)13-10-11-6-4-5-7-12(11)16-13/h4-7,10,16H,3,8-9H2,1-2H3,(H,15,18). The van der Waals surface area contributed by atoms with Gasteiger partial charge < -0.3 is 15.2 Å². The van der Waals surface area contributed by atoms with E-state index in [-0.39, 0.29) is 5.91 Å². The Kier molecular flexibility index (Phi) is 3.99. The van der Waals surface area contributed by atoms with Crippen molar-refractivity contribution >= 4 is 16.8 Å². The van der Waals surface area contributed by atoms with Crippen molar-refractivity contribution in [3.8, 4) is 0 Å². The molecule has 1 aromatic heterocycles. The molecule has 4 nitrogen and oxygen atoms in total. The van der Waals surface area contributed by atoms with Crippen molar-refractivity contribution in [1.29, 1.82) is 0 Å². The van der Waals surface area contributed by atoms with Gasteiger partial charge in [0, 0.05) is 24.0 Å². The molecule has 96 valence electrons. The topological polar surface area (TPSA) is 48.1 Å². The average Bonchev–Trinajstić information content (AvgIpc) is 2.82. The highest BCUT2D eigenvalue weighted by atomic mass is 16.1. The zero-order valence-electron chi connectivity index (χ0n) is 10.9. The molecule has 18 heavy (non-hydrogen) atoms. The third-order valence-corrected chi connectivity index (χ3v) is 3.09. The number of hydrogen-bond acceptors (Lipinski definition) is 2. The maximum absolute atomic E-state index is 11.9. The van der Waals surface area contributed by atoms with Gasteiger partial charge in [-0.2, -0.15) is 0 Å². The highest BCUT2D eigenvalue weighted by Gasteiger charge is 2.08. The lowest BCUT2D eigenvalue weighted by Gasteiger charge is -2.13. The van der Waals surface area contributed by atoms with Crippen LogP contribution in [0.4, 0.5) is 0 Å². The van der Waals surface area contributed by atoms with Crippen LogP contribution >= 0.6 is 0 Å². The Morgan fingerprint density at radius 1 is 1.39 bits per heavy atom. The molecule has 0 aliphatic heterocycles. The predicted molar refractivity (Wildman–Crippen MR) is 73.8 cm³/mol. The van der Waals surface area contributed by atoms with Crippen molar-refractivity contribution in [1.82, 2.24) is 15.2 Å². The summed E-state index contributed by atoms with van der Waals surface area (Å²) in [4.78, 5) is 17.2. The molecule has 1 aromatic carbocycles. The molecule has 0 aliphatic carbocycles. The minimum Gasteiger partial charge on any atom is -0.351 e. The zero-order valence-corrected chi connectivity index (χ0v) is 10.9. The van der Waals surface area contributed by atoms with Crippen molar-refractivity contribution in [3.05, 3.63) is 36.0 Å². The van der Waals surface area contributed by atoms with Gasteiger partial charge in [-0.15, -0.1) is 0 Å². The predicted octanol–water partition coefficient (Wildman–Crippen LogP) is 1.85. The number of carbonyl (C=O) groups is 1. The number of nitrogens with zero attached hydrogens (tertiary/aromatic N) is 1. The Balaban J connectivity index is 1.96. The third kappa shape index (κ3) is 2.90. The SMILES string of the molecule is CCN(C)CCNC(=O)c1cc2ccccc2[nH]1. The molecule has 0 fully saturated rings. The maximum atomic E-state index is 11.9. The number of nitrogens with one attached hydrogen (secondary N) is 2. The number of amides is 1. The van der Waals surface area contributed by atoms with Crippen LogP contribution in [0.2, 0.25) is 0 Å². The van der Waals surface area contributed by atoms with E-state index in [1.54, 1.807) is 0 Å². The Labute approximate surface area is 107 Å². The number of rotatable bonds is 5. The summed E-state index contributed by atoms with van der Waals surface area (Å²) in [5, 5.41) is 3.98. The smallest absolute Gasteiger partial charge is 0.267 e. The molecule has 0 radical (unpaired) electrons. The van der Waals surface area contributed by atoms with Gasteiger partial charge >= 0.3 is 0 Å². The third-order valence-electron chi connectivity index (χ3n) is 3.09. The molecular formula is C14H19N3O. The van der Waals surface area contributed by atoms with E-state index in [4.69, 9.17) is 0 Å². The van der Waals surface area contributed by atoms with Crippen LogP contribution in [0.5, 0.6) is 0 Å². The van der Waals surface area contributed by atoms with Crippen molar-refractivity contribution in [3.63, 3.8) is 0 Å². The van der Waals surface area contributed by atoms with E-state index in [0.29, 0.717) is 12.2 Å². The van der Waals surface area contributed by atoms with Crippen LogP contribution in [0.3, 0.4) is 0 Å². The van der Waals surface area contributed by atoms with Crippen molar-refractivity contribution in [2.45, 2.75) is 6.92 Å². The lowest BCUT2D eigenvalue weighted by molar-refractivity contribution is 0.0946. The van der Waals surface area contributed by atoms with Crippen LogP contribution in [0.15, 0.2) is 30.3 Å². The van der Waals surface area contributed by atoms with Gasteiger partial charge in [-0.25, -0.2) is 0 Å². The number of para-hydroxylation sites is 1. The van der Waals surface area contributed by atoms with Crippen LogP contribution in [-0.2, 0) is 0 Å². The number of H-pyrrole nitrogens is 1. The van der Waals surface area contributed by atoms with Crippen LogP contribution in [0, 0.1) is 0 Å². The largest absolute Gasteiger partial charge is 0.351 e. The van der Waals surface area contributed by atoms with Crippen molar-refractivity contribution in [2.24, 2.45) is 0 Å². The number of carbonyl (C=O) groups excluding carboxylic acids is 1. The molecule has 1 heterocycles. The van der Waals surface area contributed by atoms with Gasteiger partial charge in [0.25, 0.3) is 5.91 Å². The molecule has 2 N–H and O–H groups in total. The number of aromatic nitrogens is 1. The second-order valence-electron chi connectivity index (χ2n) is 4.42. The molecule has 2 aromatic rings. The molecule has 4 heteroatoms. The highest BCUT2D eigenvalue weighted by Crippen LogP contribution is 2.14. The maximum Gasteiger partial charge on any atom is 0.267 e. The van der Waals surface area contributed by atoms with Gasteiger partial charge in [0.05, 0.1) is 0 Å². The fraction of sp³-hybridized carbons (Fsp3) is 0.357. The summed E-state index contributed by atoms with van der Waals surface area (Å²) < 4.78 is 0. The first-order valence-corrected chi connectivity index (χ1v) is 6.25. The van der Waals surface area contributed by atoms with E-state index in [0.717, 1.165) is 24.0 Å². The van der Waals surface area contributed by atoms with E-state index in [1.807, 2.05) is 37.4 Å². The van der Waals surface area contributed by atoms with Gasteiger partial charge in [0.2, 0.25) is 0 Å². The Morgan fingerprint density at radius 2 is 2.17 bits per heavy atom. The summed E-state index contributed by atoms with van der Waals surface area (Å²) in [7, 11) is 2.04. The normalized spacial score (nSPS) is 11.1. The fourth-order valence-corrected chi connectivity index (χ4v) is 1.81. The van der Waals surface area contributed by atoms with E-state index >= 15 is 0 Å². The number of fused-ring (bicyclic) bond motifs is 1. The van der Waals surface area contributed by atoms with Crippen LogP contribution in [0.25, 0.3) is 10.9 Å². The zero-order chi connectivity index (χ0) is 13.0. The minimum atomic E-state index is -0.0456. The Morgan fingerprint density at radius 3 is 2.89 bits per heavy atom. The molecule has 0 atom stereocenters. The van der Waals surface area contributed by atoms with Crippen LogP contribution in [0.1, 0.15) is 17.4 Å². The van der Waals surface area contributed by atoms with E-state index in [2.05, 4.69) is 22.1 Å². The van der Waals surface area contributed by atoms with Crippen molar-refractivity contribution in [2.75, 3.05) is 26.7 Å². The monoisotopic (exact) mass is 245 g/mol. The van der Waals surface area contributed by atoms with Crippen molar-refractivity contribution < 1.29 is 4.79 Å². The first kappa shape index (κ1) is 12.6. The molecule has 0 bridgehead atoms. The molecule has 0 saturated heterocycles. The minimum absolute atomic E-state index is 0.0456. The summed E-state index contributed by atoms with van der Waals surface area (Å²) in [5.41, 5.74) is 1.61. The average molecular weight is 245 g/mol. The second kappa shape index (κ2) is 5.69. The lowest BCUT2D eigenvalue weighted by atomic mass is 10.2. The van der Waals surface area contributed by atoms with Crippen LogP contribution < -0.4 is 5.32 Å². The summed E-state index contributed by atoms with van der Waals surface area (Å²) in [6.45, 7) is 4.61. The number of hydrogen-bond donors (Lipinski definition) is 2. The van der Waals surface area contributed by atoms with E-state index in [9.17, 15) is 4.79 Å². The first-order valence-electron chi connectivity index (χ1n) is 6.25. The Bertz CT molecular complexity index is 500. The summed E-state index contributed by atoms with van der Waals surface area (Å²) in [6, 6.07) is 9.77. The molecule has 0 spiro atoms. The summed E-state index contributed by atoms with van der Waals surface area (Å²) in [6.07, 6.45) is 0. The van der Waals surface area contributed by atoms with Gasteiger partial charge in [-0.3, -0.25) is 4.79 Å². The van der Waals surface area contributed by atoms with Gasteiger partial charge in [0.1, 0.15) is 5.69 Å². The van der Waals surface area contributed by atoms with E-state index in [1.165, 1.54) is 0 Å². The number of aromatic amines is 1. The number of likely N-dealkylation sites (N-methyl/N-ethyl adjacent to an activating group) is 1. The molecule has 0 unspecified atom stereocenters. The Hall–Kier alpha value is -1.81. The quantitative estimate of drug-likeness (QED) is 0.844. The fourth-order valence-electron chi connectivity index (χ4n) is 1.81. The molecule has 0 saturated carbocycles. The first-order chi connectivity index (χ1) is 8.70. The lowest BCUT2D eigenvalue weighted by Crippen LogP contribution is -2.33. The summed E-state index contributed by atoms with van der Waals surface area (Å²) >= 11 is 0. The second-order valence-corrected chi connectivity index (χ2v) is 4.42. The van der Waals surface area contributed by atoms with Gasteiger partial charge in [0.15, 0.2) is 0 Å². The highest BCUT2D eigenvalue weighted by molar-refractivity contribution is 5.97. The molecular weight excluding hydrogens is 226 g/mol. The van der Waals surface area contributed by atoms with Gasteiger partial charge in [-0.1, -0.05) is 25.1 Å². The molecule has 2 rings (SSSR count). The number of benzene rings is 1.